The summed E-state index contributed by atoms with van der Waals surface area (Å²) in [4.78, 5) is 12.0. The highest BCUT2D eigenvalue weighted by Crippen LogP contribution is 2.27. The first-order chi connectivity index (χ1) is 7.24. The van der Waals surface area contributed by atoms with Crippen LogP contribution in [0.15, 0.2) is 24.3 Å². The van der Waals surface area contributed by atoms with Crippen LogP contribution in [0.2, 0.25) is 0 Å². The van der Waals surface area contributed by atoms with E-state index in [-0.39, 0.29) is 5.97 Å². The number of ether oxygens (including phenoxy) is 1. The van der Waals surface area contributed by atoms with Crippen LogP contribution in [0.25, 0.3) is 10.1 Å². The van der Waals surface area contributed by atoms with Gasteiger partial charge in [-0.2, -0.15) is 0 Å². The molecule has 0 saturated carbocycles. The molecule has 0 atom stereocenters. The van der Waals surface area contributed by atoms with Crippen molar-refractivity contribution in [1.29, 1.82) is 0 Å². The van der Waals surface area contributed by atoms with E-state index < -0.39 is 0 Å². The first kappa shape index (κ1) is 10.6. The van der Waals surface area contributed by atoms with Crippen LogP contribution in [0, 0.1) is 0 Å². The van der Waals surface area contributed by atoms with E-state index in [0.29, 0.717) is 4.88 Å². The van der Waals surface area contributed by atoms with Crippen molar-refractivity contribution in [2.45, 2.75) is 5.33 Å². The lowest BCUT2D eigenvalue weighted by Gasteiger charge is -1.93. The minimum Gasteiger partial charge on any atom is -0.465 e. The number of methoxy groups -OCH3 is 1. The normalized spacial score (nSPS) is 10.5. The number of alkyl halides is 1. The average molecular weight is 285 g/mol. The van der Waals surface area contributed by atoms with Gasteiger partial charge in [-0.15, -0.1) is 11.3 Å². The lowest BCUT2D eigenvalue weighted by atomic mass is 10.2. The molecular formula is C11H9BrO2S. The summed E-state index contributed by atoms with van der Waals surface area (Å²) < 4.78 is 5.80. The molecular weight excluding hydrogens is 276 g/mol. The fourth-order valence-corrected chi connectivity index (χ4v) is 2.69. The van der Waals surface area contributed by atoms with Crippen LogP contribution in [0.3, 0.4) is 0 Å². The van der Waals surface area contributed by atoms with Crippen molar-refractivity contribution < 1.29 is 9.53 Å². The Bertz CT molecular complexity index is 504. The molecule has 0 aliphatic heterocycles. The van der Waals surface area contributed by atoms with Gasteiger partial charge >= 0.3 is 5.97 Å². The summed E-state index contributed by atoms with van der Waals surface area (Å²) >= 11 is 4.86. The van der Waals surface area contributed by atoms with Gasteiger partial charge in [0.05, 0.1) is 7.11 Å². The molecule has 0 bridgehead atoms. The highest BCUT2D eigenvalue weighted by Gasteiger charge is 2.09. The SMILES string of the molecule is COC(=O)c1cc2cc(CBr)ccc2s1. The Kier molecular flexibility index (Phi) is 3.07. The highest BCUT2D eigenvalue weighted by atomic mass is 79.9. The Morgan fingerprint density at radius 3 is 2.93 bits per heavy atom. The maximum atomic E-state index is 11.3. The molecule has 1 heterocycles. The summed E-state index contributed by atoms with van der Waals surface area (Å²) in [5, 5.41) is 1.92. The quantitative estimate of drug-likeness (QED) is 0.622. The van der Waals surface area contributed by atoms with E-state index in [1.54, 1.807) is 0 Å². The van der Waals surface area contributed by atoms with Crippen molar-refractivity contribution in [3.8, 4) is 0 Å². The lowest BCUT2D eigenvalue weighted by molar-refractivity contribution is 0.0606. The molecule has 15 heavy (non-hydrogen) atoms. The average Bonchev–Trinajstić information content (AvgIpc) is 2.70. The zero-order valence-electron chi connectivity index (χ0n) is 8.12. The van der Waals surface area contributed by atoms with Gasteiger partial charge < -0.3 is 4.74 Å². The zero-order chi connectivity index (χ0) is 10.8. The fourth-order valence-electron chi connectivity index (χ4n) is 1.38. The van der Waals surface area contributed by atoms with Gasteiger partial charge in [-0.25, -0.2) is 4.79 Å². The molecule has 0 radical (unpaired) electrons. The summed E-state index contributed by atoms with van der Waals surface area (Å²) in [7, 11) is 1.40. The number of esters is 1. The summed E-state index contributed by atoms with van der Waals surface area (Å²) in [6.07, 6.45) is 0. The lowest BCUT2D eigenvalue weighted by Crippen LogP contribution is -1.96. The largest absolute Gasteiger partial charge is 0.465 e. The molecule has 0 fully saturated rings. The third kappa shape index (κ3) is 2.06. The van der Waals surface area contributed by atoms with Gasteiger partial charge in [-0.3, -0.25) is 0 Å². The molecule has 78 valence electrons. The Morgan fingerprint density at radius 1 is 1.47 bits per heavy atom. The predicted molar refractivity (Wildman–Crippen MR) is 65.8 cm³/mol. The first-order valence-corrected chi connectivity index (χ1v) is 6.35. The van der Waals surface area contributed by atoms with Crippen molar-refractivity contribution in [1.82, 2.24) is 0 Å². The highest BCUT2D eigenvalue weighted by molar-refractivity contribution is 9.08. The minimum atomic E-state index is -0.267. The van der Waals surface area contributed by atoms with Gasteiger partial charge in [0, 0.05) is 10.0 Å². The number of hydrogen-bond acceptors (Lipinski definition) is 3. The second-order valence-corrected chi connectivity index (χ2v) is 4.75. The molecule has 0 saturated heterocycles. The number of hydrogen-bond donors (Lipinski definition) is 0. The number of thiophene rings is 1. The molecule has 4 heteroatoms. The zero-order valence-corrected chi connectivity index (χ0v) is 10.5. The molecule has 2 aromatic rings. The predicted octanol–water partition coefficient (Wildman–Crippen LogP) is 3.58. The van der Waals surface area contributed by atoms with E-state index in [9.17, 15) is 4.79 Å². The van der Waals surface area contributed by atoms with E-state index >= 15 is 0 Å². The van der Waals surface area contributed by atoms with Gasteiger partial charge in [-0.1, -0.05) is 22.0 Å². The molecule has 0 N–H and O–H groups in total. The summed E-state index contributed by atoms with van der Waals surface area (Å²) in [6, 6.07) is 8.03. The van der Waals surface area contributed by atoms with Crippen LogP contribution in [0.4, 0.5) is 0 Å². The van der Waals surface area contributed by atoms with E-state index in [0.717, 1.165) is 15.4 Å². The molecule has 0 aliphatic rings. The maximum Gasteiger partial charge on any atom is 0.348 e. The summed E-state index contributed by atoms with van der Waals surface area (Å²) in [6.45, 7) is 0. The smallest absolute Gasteiger partial charge is 0.348 e. The molecule has 2 nitrogen and oxygen atoms in total. The molecule has 0 amide bonds. The van der Waals surface area contributed by atoms with Crippen LogP contribution in [0.5, 0.6) is 0 Å². The van der Waals surface area contributed by atoms with Crippen molar-refractivity contribution >= 4 is 43.3 Å². The van der Waals surface area contributed by atoms with Crippen LogP contribution in [0.1, 0.15) is 15.2 Å². The second kappa shape index (κ2) is 4.33. The van der Waals surface area contributed by atoms with Crippen LogP contribution in [-0.2, 0) is 10.1 Å². The van der Waals surface area contributed by atoms with Gasteiger partial charge in [0.1, 0.15) is 4.88 Å². The second-order valence-electron chi connectivity index (χ2n) is 3.11. The van der Waals surface area contributed by atoms with Crippen molar-refractivity contribution in [2.24, 2.45) is 0 Å². The monoisotopic (exact) mass is 284 g/mol. The summed E-state index contributed by atoms with van der Waals surface area (Å²) in [5.41, 5.74) is 1.21. The number of rotatable bonds is 2. The number of carbonyl (C=O) groups excluding carboxylic acids is 1. The molecule has 1 aromatic carbocycles. The topological polar surface area (TPSA) is 26.3 Å². The Labute approximate surface area is 100.0 Å². The number of fused-ring (bicyclic) bond motifs is 1. The van der Waals surface area contributed by atoms with Gasteiger partial charge in [-0.05, 0) is 29.1 Å². The summed E-state index contributed by atoms with van der Waals surface area (Å²) in [5.74, 6) is -0.267. The Morgan fingerprint density at radius 2 is 2.27 bits per heavy atom. The number of carbonyl (C=O) groups is 1. The van der Waals surface area contributed by atoms with Crippen molar-refractivity contribution in [2.75, 3.05) is 7.11 Å². The molecule has 1 aromatic heterocycles. The molecule has 2 rings (SSSR count). The Hall–Kier alpha value is -0.870. The van der Waals surface area contributed by atoms with E-state index in [4.69, 9.17) is 0 Å². The third-order valence-corrected chi connectivity index (χ3v) is 3.87. The van der Waals surface area contributed by atoms with Crippen molar-refractivity contribution in [3.05, 3.63) is 34.7 Å². The van der Waals surface area contributed by atoms with Gasteiger partial charge in [0.25, 0.3) is 0 Å². The van der Waals surface area contributed by atoms with Crippen LogP contribution >= 0.6 is 27.3 Å². The van der Waals surface area contributed by atoms with Crippen LogP contribution in [-0.4, -0.2) is 13.1 Å². The van der Waals surface area contributed by atoms with Crippen molar-refractivity contribution in [3.63, 3.8) is 0 Å². The van der Waals surface area contributed by atoms with Gasteiger partial charge in [0.15, 0.2) is 0 Å². The third-order valence-electron chi connectivity index (χ3n) is 2.12. The number of halogens is 1. The molecule has 0 unspecified atom stereocenters. The van der Waals surface area contributed by atoms with E-state index in [2.05, 4.69) is 32.8 Å². The Balaban J connectivity index is 2.51. The van der Waals surface area contributed by atoms with E-state index in [1.165, 1.54) is 24.0 Å². The van der Waals surface area contributed by atoms with Gasteiger partial charge in [0.2, 0.25) is 0 Å². The standard InChI is InChI=1S/C11H9BrO2S/c1-14-11(13)10-5-8-4-7(6-12)2-3-9(8)15-10/h2-5H,6H2,1H3. The van der Waals surface area contributed by atoms with E-state index in [1.807, 2.05) is 12.1 Å². The number of benzene rings is 1. The first-order valence-electron chi connectivity index (χ1n) is 4.41. The molecule has 0 spiro atoms. The molecule has 0 aliphatic carbocycles. The fraction of sp³-hybridized carbons (Fsp3) is 0.182. The maximum absolute atomic E-state index is 11.3. The van der Waals surface area contributed by atoms with Crippen LogP contribution < -0.4 is 0 Å². The minimum absolute atomic E-state index is 0.267.